The molecular weight excluding hydrogens is 494 g/mol. The van der Waals surface area contributed by atoms with E-state index in [0.717, 1.165) is 27.4 Å². The lowest BCUT2D eigenvalue weighted by atomic mass is 10.1. The average Bonchev–Trinajstić information content (AvgIpc) is 2.90. The summed E-state index contributed by atoms with van der Waals surface area (Å²) in [6.45, 7) is 7.56. The molecule has 2 amide bonds. The molecule has 0 spiro atoms. The van der Waals surface area contributed by atoms with E-state index in [1.54, 1.807) is 25.8 Å². The van der Waals surface area contributed by atoms with Gasteiger partial charge in [-0.1, -0.05) is 84.9 Å². The monoisotopic (exact) mass is 533 g/mol. The zero-order chi connectivity index (χ0) is 28.3. The number of rotatable bonds is 10. The summed E-state index contributed by atoms with van der Waals surface area (Å²) >= 11 is 0. The van der Waals surface area contributed by atoms with Gasteiger partial charge in [-0.25, -0.2) is 15.0 Å². The van der Waals surface area contributed by atoms with Gasteiger partial charge in [0.05, 0.1) is 6.10 Å². The fraction of sp³-hybridized carbons (Fsp3) is 0.355. The van der Waals surface area contributed by atoms with Crippen LogP contribution >= 0.6 is 0 Å². The van der Waals surface area contributed by atoms with Gasteiger partial charge in [0.15, 0.2) is 0 Å². The molecule has 2 N–H and O–H groups in total. The standard InChI is InChI=1S/C31H39N3O5/c1-24-13-11-12-18-27(24)21-33(22-28(35)20-19-25-14-7-5-8-15-25)34(30(37)39-31(2,3)4)32-29(36)38-23-26-16-9-6-10-17-26/h5-18,28,35H,19-23H2,1-4H3,(H,32,36)/t28-/m0/s1. The maximum Gasteiger partial charge on any atom is 0.444 e. The zero-order valence-corrected chi connectivity index (χ0v) is 23.2. The van der Waals surface area contributed by atoms with Crippen molar-refractivity contribution in [3.8, 4) is 0 Å². The summed E-state index contributed by atoms with van der Waals surface area (Å²) in [4.78, 5) is 26.2. The summed E-state index contributed by atoms with van der Waals surface area (Å²) in [5, 5.41) is 13.6. The molecule has 0 aliphatic carbocycles. The van der Waals surface area contributed by atoms with Crippen molar-refractivity contribution >= 4 is 12.2 Å². The largest absolute Gasteiger partial charge is 0.444 e. The second kappa shape index (κ2) is 14.3. The predicted molar refractivity (Wildman–Crippen MR) is 150 cm³/mol. The number of aliphatic hydroxyl groups is 1. The van der Waals surface area contributed by atoms with Crippen LogP contribution in [0.15, 0.2) is 84.9 Å². The highest BCUT2D eigenvalue weighted by atomic mass is 16.6. The molecule has 208 valence electrons. The van der Waals surface area contributed by atoms with Gasteiger partial charge in [0.25, 0.3) is 0 Å². The van der Waals surface area contributed by atoms with Crippen LogP contribution in [0, 0.1) is 6.92 Å². The summed E-state index contributed by atoms with van der Waals surface area (Å²) in [5.41, 5.74) is 5.58. The Hall–Kier alpha value is -3.88. The number of hydrogen-bond donors (Lipinski definition) is 2. The molecule has 0 aliphatic rings. The van der Waals surface area contributed by atoms with Gasteiger partial charge in [-0.05, 0) is 62.8 Å². The first-order valence-corrected chi connectivity index (χ1v) is 13.1. The summed E-state index contributed by atoms with van der Waals surface area (Å²) in [6, 6.07) is 26.9. The number of benzene rings is 3. The van der Waals surface area contributed by atoms with Crippen molar-refractivity contribution < 1.29 is 24.2 Å². The molecule has 0 radical (unpaired) electrons. The fourth-order valence-corrected chi connectivity index (χ4v) is 3.89. The maximum atomic E-state index is 13.4. The lowest BCUT2D eigenvalue weighted by molar-refractivity contribution is -0.0958. The number of amides is 2. The van der Waals surface area contributed by atoms with Crippen molar-refractivity contribution in [3.63, 3.8) is 0 Å². The zero-order valence-electron chi connectivity index (χ0n) is 23.2. The molecule has 0 aromatic heterocycles. The van der Waals surface area contributed by atoms with Crippen molar-refractivity contribution in [1.82, 2.24) is 15.6 Å². The number of carbonyl (C=O) groups is 2. The minimum Gasteiger partial charge on any atom is -0.443 e. The first kappa shape index (κ1) is 29.7. The van der Waals surface area contributed by atoms with E-state index in [9.17, 15) is 14.7 Å². The SMILES string of the molecule is Cc1ccccc1CN(C[C@@H](O)CCc1ccccc1)N(NC(=O)OCc1ccccc1)C(=O)OC(C)(C)C. The van der Waals surface area contributed by atoms with Crippen molar-refractivity contribution in [2.75, 3.05) is 6.54 Å². The number of ether oxygens (including phenoxy) is 2. The molecule has 1 atom stereocenters. The minimum atomic E-state index is -0.821. The fourth-order valence-electron chi connectivity index (χ4n) is 3.89. The Morgan fingerprint density at radius 1 is 0.897 bits per heavy atom. The van der Waals surface area contributed by atoms with E-state index in [1.165, 1.54) is 0 Å². The molecule has 0 bridgehead atoms. The van der Waals surface area contributed by atoms with E-state index in [0.29, 0.717) is 12.8 Å². The quantitative estimate of drug-likeness (QED) is 0.321. The van der Waals surface area contributed by atoms with Gasteiger partial charge in [-0.2, -0.15) is 5.01 Å². The number of hydrogen-bond acceptors (Lipinski definition) is 6. The summed E-state index contributed by atoms with van der Waals surface area (Å²) < 4.78 is 11.0. The number of aryl methyl sites for hydroxylation is 2. The van der Waals surface area contributed by atoms with Crippen LogP contribution in [0.5, 0.6) is 0 Å². The third kappa shape index (κ3) is 10.4. The van der Waals surface area contributed by atoms with Gasteiger partial charge in [0.1, 0.15) is 12.2 Å². The Morgan fingerprint density at radius 2 is 1.49 bits per heavy atom. The van der Waals surface area contributed by atoms with Crippen LogP contribution in [-0.2, 0) is 29.0 Å². The highest BCUT2D eigenvalue weighted by Crippen LogP contribution is 2.17. The number of aliphatic hydroxyl groups excluding tert-OH is 1. The van der Waals surface area contributed by atoms with Gasteiger partial charge < -0.3 is 14.6 Å². The van der Waals surface area contributed by atoms with Crippen LogP contribution in [-0.4, -0.2) is 45.7 Å². The molecule has 0 fully saturated rings. The molecule has 8 heteroatoms. The molecule has 0 aliphatic heterocycles. The van der Waals surface area contributed by atoms with E-state index in [4.69, 9.17) is 9.47 Å². The number of nitrogens with one attached hydrogen (secondary N) is 1. The lowest BCUT2D eigenvalue weighted by Crippen LogP contribution is -2.58. The van der Waals surface area contributed by atoms with Crippen LogP contribution in [0.2, 0.25) is 0 Å². The summed E-state index contributed by atoms with van der Waals surface area (Å²) in [6.07, 6.45) is -1.27. The first-order chi connectivity index (χ1) is 18.6. The second-order valence-corrected chi connectivity index (χ2v) is 10.4. The predicted octanol–water partition coefficient (Wildman–Crippen LogP) is 5.78. The van der Waals surface area contributed by atoms with Crippen LogP contribution in [0.3, 0.4) is 0 Å². The van der Waals surface area contributed by atoms with Gasteiger partial charge in [0, 0.05) is 13.1 Å². The molecule has 8 nitrogen and oxygen atoms in total. The smallest absolute Gasteiger partial charge is 0.443 e. The number of nitrogens with zero attached hydrogens (tertiary/aromatic N) is 2. The molecule has 3 aromatic rings. The van der Waals surface area contributed by atoms with E-state index < -0.39 is 23.9 Å². The van der Waals surface area contributed by atoms with E-state index in [2.05, 4.69) is 5.43 Å². The number of carbonyl (C=O) groups excluding carboxylic acids is 2. The summed E-state index contributed by atoms with van der Waals surface area (Å²) in [5.74, 6) is 0. The lowest BCUT2D eigenvalue weighted by Gasteiger charge is -2.36. The van der Waals surface area contributed by atoms with Crippen LogP contribution in [0.1, 0.15) is 49.4 Å². The van der Waals surface area contributed by atoms with Gasteiger partial charge in [-0.3, -0.25) is 0 Å². The van der Waals surface area contributed by atoms with E-state index >= 15 is 0 Å². The van der Waals surface area contributed by atoms with Crippen molar-refractivity contribution in [2.45, 2.75) is 65.4 Å². The van der Waals surface area contributed by atoms with Gasteiger partial charge in [-0.15, -0.1) is 5.12 Å². The Labute approximate surface area is 231 Å². The first-order valence-electron chi connectivity index (χ1n) is 13.1. The Balaban J connectivity index is 1.81. The highest BCUT2D eigenvalue weighted by Gasteiger charge is 2.31. The van der Waals surface area contributed by atoms with Gasteiger partial charge >= 0.3 is 12.2 Å². The Kier molecular flexibility index (Phi) is 10.9. The molecule has 3 rings (SSSR count). The average molecular weight is 534 g/mol. The van der Waals surface area contributed by atoms with E-state index in [-0.39, 0.29) is 19.7 Å². The summed E-state index contributed by atoms with van der Waals surface area (Å²) in [7, 11) is 0. The highest BCUT2D eigenvalue weighted by molar-refractivity contribution is 5.73. The molecule has 0 heterocycles. The van der Waals surface area contributed by atoms with Crippen LogP contribution in [0.25, 0.3) is 0 Å². The van der Waals surface area contributed by atoms with Crippen molar-refractivity contribution in [1.29, 1.82) is 0 Å². The third-order valence-electron chi connectivity index (χ3n) is 5.90. The molecule has 39 heavy (non-hydrogen) atoms. The second-order valence-electron chi connectivity index (χ2n) is 10.4. The van der Waals surface area contributed by atoms with Crippen molar-refractivity contribution in [2.24, 2.45) is 0 Å². The molecular formula is C31H39N3O5. The molecule has 0 saturated carbocycles. The Bertz CT molecular complexity index is 1180. The molecule has 0 saturated heterocycles. The number of hydrazine groups is 2. The van der Waals surface area contributed by atoms with Crippen LogP contribution < -0.4 is 5.43 Å². The maximum absolute atomic E-state index is 13.4. The van der Waals surface area contributed by atoms with Gasteiger partial charge in [0.2, 0.25) is 0 Å². The topological polar surface area (TPSA) is 91.3 Å². The normalized spacial score (nSPS) is 12.1. The minimum absolute atomic E-state index is 0.0341. The van der Waals surface area contributed by atoms with Crippen molar-refractivity contribution in [3.05, 3.63) is 107 Å². The van der Waals surface area contributed by atoms with E-state index in [1.807, 2.05) is 91.9 Å². The van der Waals surface area contributed by atoms with Crippen LogP contribution in [0.4, 0.5) is 9.59 Å². The Morgan fingerprint density at radius 3 is 2.10 bits per heavy atom. The third-order valence-corrected chi connectivity index (χ3v) is 5.90. The molecule has 3 aromatic carbocycles. The molecule has 0 unspecified atom stereocenters.